The molecule has 1 N–H and O–H groups in total. The molecule has 0 saturated heterocycles. The monoisotopic (exact) mass is 329 g/mol. The van der Waals surface area contributed by atoms with Crippen molar-refractivity contribution in [2.45, 2.75) is 19.3 Å². The van der Waals surface area contributed by atoms with Crippen LogP contribution < -0.4 is 14.8 Å². The largest absolute Gasteiger partial charge is 0.493 e. The average molecular weight is 329 g/mol. The summed E-state index contributed by atoms with van der Waals surface area (Å²) < 4.78 is 48.2. The van der Waals surface area contributed by atoms with Crippen molar-refractivity contribution in [3.8, 4) is 11.5 Å². The average Bonchev–Trinajstić information content (AvgIpc) is 2.90. The normalized spacial score (nSPS) is 11.5. The first-order valence-electron chi connectivity index (χ1n) is 6.93. The van der Waals surface area contributed by atoms with Crippen LogP contribution in [0.4, 0.5) is 13.2 Å². The Bertz CT molecular complexity index is 641. The maximum Gasteiger partial charge on any atom is 0.422 e. The van der Waals surface area contributed by atoms with E-state index in [1.165, 1.54) is 13.2 Å². The fraction of sp³-hybridized carbons (Fsp3) is 0.400. The van der Waals surface area contributed by atoms with Crippen LogP contribution in [-0.2, 0) is 20.1 Å². The molecule has 23 heavy (non-hydrogen) atoms. The Kier molecular flexibility index (Phi) is 5.49. The van der Waals surface area contributed by atoms with Gasteiger partial charge in [-0.05, 0) is 23.8 Å². The minimum absolute atomic E-state index is 0.0696. The summed E-state index contributed by atoms with van der Waals surface area (Å²) in [5.74, 6) is 0.342. The summed E-state index contributed by atoms with van der Waals surface area (Å²) in [5.41, 5.74) is 1.91. The molecule has 0 atom stereocenters. The summed E-state index contributed by atoms with van der Waals surface area (Å²) in [6, 6.07) is 6.74. The van der Waals surface area contributed by atoms with Crippen molar-refractivity contribution >= 4 is 0 Å². The molecule has 0 amide bonds. The molecule has 2 aromatic rings. The lowest BCUT2D eigenvalue weighted by molar-refractivity contribution is -0.153. The Hall–Kier alpha value is -2.22. The number of methoxy groups -OCH3 is 1. The van der Waals surface area contributed by atoms with E-state index in [1.807, 2.05) is 13.1 Å². The van der Waals surface area contributed by atoms with E-state index in [0.29, 0.717) is 13.1 Å². The molecule has 1 aromatic heterocycles. The number of nitrogens with one attached hydrogen (secondary N) is 1. The number of ether oxygens (including phenoxy) is 2. The van der Waals surface area contributed by atoms with Crippen LogP contribution >= 0.6 is 0 Å². The van der Waals surface area contributed by atoms with Crippen molar-refractivity contribution in [1.29, 1.82) is 0 Å². The van der Waals surface area contributed by atoms with Crippen LogP contribution in [-0.4, -0.2) is 29.7 Å². The molecule has 2 rings (SSSR count). The van der Waals surface area contributed by atoms with Gasteiger partial charge in [0.2, 0.25) is 0 Å². The number of hydrogen-bond acceptors (Lipinski definition) is 4. The second kappa shape index (κ2) is 7.36. The van der Waals surface area contributed by atoms with Crippen LogP contribution in [0.15, 0.2) is 30.5 Å². The highest BCUT2D eigenvalue weighted by Crippen LogP contribution is 2.29. The Morgan fingerprint density at radius 3 is 2.57 bits per heavy atom. The van der Waals surface area contributed by atoms with E-state index in [9.17, 15) is 13.2 Å². The molecule has 0 aliphatic heterocycles. The van der Waals surface area contributed by atoms with Crippen LogP contribution in [0.3, 0.4) is 0 Å². The first kappa shape index (κ1) is 17.1. The number of aromatic nitrogens is 2. The summed E-state index contributed by atoms with van der Waals surface area (Å²) in [6.07, 6.45) is -2.67. The van der Waals surface area contributed by atoms with Gasteiger partial charge in [0.05, 0.1) is 12.8 Å². The number of aryl methyl sites for hydroxylation is 1. The maximum absolute atomic E-state index is 12.2. The summed E-state index contributed by atoms with van der Waals surface area (Å²) in [6.45, 7) is -0.173. The zero-order chi connectivity index (χ0) is 16.9. The number of alkyl halides is 3. The molecule has 126 valence electrons. The van der Waals surface area contributed by atoms with E-state index < -0.39 is 12.8 Å². The minimum atomic E-state index is -4.38. The van der Waals surface area contributed by atoms with Gasteiger partial charge in [0.15, 0.2) is 18.1 Å². The summed E-state index contributed by atoms with van der Waals surface area (Å²) in [4.78, 5) is 0. The number of hydrogen-bond donors (Lipinski definition) is 1. The lowest BCUT2D eigenvalue weighted by atomic mass is 10.2. The van der Waals surface area contributed by atoms with E-state index in [-0.39, 0.29) is 11.5 Å². The third-order valence-corrected chi connectivity index (χ3v) is 3.18. The molecular weight excluding hydrogens is 311 g/mol. The quantitative estimate of drug-likeness (QED) is 0.848. The fourth-order valence-corrected chi connectivity index (χ4v) is 2.01. The van der Waals surface area contributed by atoms with Crippen LogP contribution in [0, 0.1) is 0 Å². The first-order valence-corrected chi connectivity index (χ1v) is 6.93. The molecule has 8 heteroatoms. The predicted octanol–water partition coefficient (Wildman–Crippen LogP) is 2.66. The number of benzene rings is 1. The lowest BCUT2D eigenvalue weighted by Gasteiger charge is -2.14. The van der Waals surface area contributed by atoms with Gasteiger partial charge in [-0.25, -0.2) is 0 Å². The maximum atomic E-state index is 12.2. The molecule has 0 bridgehead atoms. The van der Waals surface area contributed by atoms with Crippen molar-refractivity contribution < 1.29 is 22.6 Å². The van der Waals surface area contributed by atoms with Gasteiger partial charge < -0.3 is 14.8 Å². The Morgan fingerprint density at radius 2 is 1.96 bits per heavy atom. The van der Waals surface area contributed by atoms with Gasteiger partial charge in [0.25, 0.3) is 0 Å². The summed E-state index contributed by atoms with van der Waals surface area (Å²) in [7, 11) is 3.25. The lowest BCUT2D eigenvalue weighted by Crippen LogP contribution is -2.19. The number of rotatable bonds is 7. The highest BCUT2D eigenvalue weighted by atomic mass is 19.4. The van der Waals surface area contributed by atoms with Crippen LogP contribution in [0.2, 0.25) is 0 Å². The van der Waals surface area contributed by atoms with Crippen molar-refractivity contribution in [2.75, 3.05) is 13.7 Å². The SMILES string of the molecule is COc1cc(CNCc2ccnn2C)ccc1OCC(F)(F)F. The second-order valence-corrected chi connectivity index (χ2v) is 4.94. The standard InChI is InChI=1S/C15H18F3N3O2/c1-21-12(5-6-20-21)9-19-8-11-3-4-13(14(7-11)22-2)23-10-15(16,17)18/h3-7,19H,8-10H2,1-2H3. The highest BCUT2D eigenvalue weighted by Gasteiger charge is 2.29. The van der Waals surface area contributed by atoms with E-state index in [1.54, 1.807) is 23.0 Å². The van der Waals surface area contributed by atoms with Crippen LogP contribution in [0.25, 0.3) is 0 Å². The van der Waals surface area contributed by atoms with Gasteiger partial charge in [-0.15, -0.1) is 0 Å². The van der Waals surface area contributed by atoms with Crippen molar-refractivity contribution in [3.05, 3.63) is 41.7 Å². The molecule has 0 fully saturated rings. The van der Waals surface area contributed by atoms with Crippen LogP contribution in [0.1, 0.15) is 11.3 Å². The van der Waals surface area contributed by atoms with Gasteiger partial charge in [-0.2, -0.15) is 18.3 Å². The molecule has 5 nitrogen and oxygen atoms in total. The van der Waals surface area contributed by atoms with Gasteiger partial charge in [0, 0.05) is 26.3 Å². The molecule has 0 saturated carbocycles. The van der Waals surface area contributed by atoms with E-state index in [0.717, 1.165) is 11.3 Å². The zero-order valence-corrected chi connectivity index (χ0v) is 12.9. The third-order valence-electron chi connectivity index (χ3n) is 3.18. The van der Waals surface area contributed by atoms with Crippen molar-refractivity contribution in [1.82, 2.24) is 15.1 Å². The molecular formula is C15H18F3N3O2. The molecule has 0 aliphatic rings. The zero-order valence-electron chi connectivity index (χ0n) is 12.9. The van der Waals surface area contributed by atoms with Crippen molar-refractivity contribution in [2.24, 2.45) is 7.05 Å². The van der Waals surface area contributed by atoms with Gasteiger partial charge >= 0.3 is 6.18 Å². The number of halogens is 3. The molecule has 1 heterocycles. The fourth-order valence-electron chi connectivity index (χ4n) is 2.01. The molecule has 1 aromatic carbocycles. The molecule has 0 aliphatic carbocycles. The number of nitrogens with zero attached hydrogens (tertiary/aromatic N) is 2. The minimum Gasteiger partial charge on any atom is -0.493 e. The van der Waals surface area contributed by atoms with Crippen molar-refractivity contribution in [3.63, 3.8) is 0 Å². The van der Waals surface area contributed by atoms with Crippen LogP contribution in [0.5, 0.6) is 11.5 Å². The molecule has 0 radical (unpaired) electrons. The Labute approximate surface area is 132 Å². The third kappa shape index (κ3) is 5.17. The molecule has 0 spiro atoms. The highest BCUT2D eigenvalue weighted by molar-refractivity contribution is 5.43. The smallest absolute Gasteiger partial charge is 0.422 e. The van der Waals surface area contributed by atoms with Gasteiger partial charge in [0.1, 0.15) is 0 Å². The van der Waals surface area contributed by atoms with E-state index in [4.69, 9.17) is 9.47 Å². The topological polar surface area (TPSA) is 48.3 Å². The Morgan fingerprint density at radius 1 is 1.17 bits per heavy atom. The summed E-state index contributed by atoms with van der Waals surface area (Å²) in [5, 5.41) is 7.30. The predicted molar refractivity (Wildman–Crippen MR) is 78.3 cm³/mol. The first-order chi connectivity index (χ1) is 10.9. The van der Waals surface area contributed by atoms with Gasteiger partial charge in [-0.1, -0.05) is 6.07 Å². The van der Waals surface area contributed by atoms with E-state index in [2.05, 4.69) is 10.4 Å². The van der Waals surface area contributed by atoms with E-state index >= 15 is 0 Å². The van der Waals surface area contributed by atoms with Gasteiger partial charge in [-0.3, -0.25) is 4.68 Å². The Balaban J connectivity index is 1.94. The second-order valence-electron chi connectivity index (χ2n) is 4.94. The molecule has 0 unspecified atom stereocenters. The summed E-state index contributed by atoms with van der Waals surface area (Å²) >= 11 is 0.